The van der Waals surface area contributed by atoms with E-state index in [4.69, 9.17) is 51.1 Å². The van der Waals surface area contributed by atoms with Gasteiger partial charge < -0.3 is 9.84 Å². The molecule has 1 atom stereocenters. The van der Waals surface area contributed by atoms with Crippen LogP contribution in [-0.2, 0) is 14.3 Å². The number of carboxylic acid groups (broad SMARTS) is 1. The molecule has 1 aliphatic heterocycles. The smallest absolute Gasteiger partial charge is 0.327 e. The topological polar surface area (TPSA) is 101 Å². The molecular formula is C16H13Cl4NO6. The number of amides is 2. The summed E-state index contributed by atoms with van der Waals surface area (Å²) in [6.45, 7) is 4.77. The van der Waals surface area contributed by atoms with Gasteiger partial charge >= 0.3 is 11.9 Å². The van der Waals surface area contributed by atoms with E-state index in [9.17, 15) is 24.3 Å². The summed E-state index contributed by atoms with van der Waals surface area (Å²) in [6, 6.07) is -1.82. The highest BCUT2D eigenvalue weighted by molar-refractivity contribution is 6.55. The number of nitrogens with zero attached hydrogens (tertiary/aromatic N) is 1. The van der Waals surface area contributed by atoms with E-state index in [1.54, 1.807) is 20.8 Å². The van der Waals surface area contributed by atoms with E-state index in [0.717, 1.165) is 0 Å². The Bertz CT molecular complexity index is 830. The Hall–Kier alpha value is -1.54. The molecule has 1 heterocycles. The number of carboxylic acids is 1. The van der Waals surface area contributed by atoms with Gasteiger partial charge in [0.2, 0.25) is 0 Å². The van der Waals surface area contributed by atoms with Crippen LogP contribution < -0.4 is 0 Å². The first-order valence-electron chi connectivity index (χ1n) is 7.46. The van der Waals surface area contributed by atoms with Crippen molar-refractivity contribution in [1.29, 1.82) is 0 Å². The first kappa shape index (κ1) is 21.8. The molecule has 0 radical (unpaired) electrons. The molecule has 0 spiro atoms. The molecule has 1 unspecified atom stereocenters. The number of esters is 1. The third-order valence-corrected chi connectivity index (χ3v) is 5.31. The van der Waals surface area contributed by atoms with Crippen molar-refractivity contribution in [2.24, 2.45) is 0 Å². The maximum Gasteiger partial charge on any atom is 0.327 e. The predicted octanol–water partition coefficient (Wildman–Crippen LogP) is 4.08. The van der Waals surface area contributed by atoms with E-state index in [2.05, 4.69) is 0 Å². The van der Waals surface area contributed by atoms with E-state index in [1.807, 2.05) is 0 Å². The quantitative estimate of drug-likeness (QED) is 0.317. The van der Waals surface area contributed by atoms with Crippen molar-refractivity contribution < 1.29 is 29.0 Å². The Labute approximate surface area is 174 Å². The summed E-state index contributed by atoms with van der Waals surface area (Å²) in [6.07, 6.45) is -0.755. The van der Waals surface area contributed by atoms with Crippen molar-refractivity contribution in [2.45, 2.75) is 38.8 Å². The fourth-order valence-corrected chi connectivity index (χ4v) is 3.49. The van der Waals surface area contributed by atoms with Crippen LogP contribution in [0.15, 0.2) is 0 Å². The van der Waals surface area contributed by atoms with Gasteiger partial charge in [-0.1, -0.05) is 46.4 Å². The number of hydrogen-bond donors (Lipinski definition) is 1. The molecule has 1 aliphatic rings. The third kappa shape index (κ3) is 4.01. The minimum absolute atomic E-state index is 0.246. The van der Waals surface area contributed by atoms with Crippen molar-refractivity contribution in [3.05, 3.63) is 31.2 Å². The van der Waals surface area contributed by atoms with Gasteiger partial charge in [0, 0.05) is 0 Å². The fourth-order valence-electron chi connectivity index (χ4n) is 2.48. The number of benzene rings is 1. The highest BCUT2D eigenvalue weighted by Crippen LogP contribution is 2.45. The monoisotopic (exact) mass is 455 g/mol. The minimum Gasteiger partial charge on any atom is -0.480 e. The molecule has 0 aromatic heterocycles. The molecule has 1 aromatic carbocycles. The van der Waals surface area contributed by atoms with Crippen LogP contribution in [0.25, 0.3) is 0 Å². The Kier molecular flexibility index (Phi) is 6.02. The summed E-state index contributed by atoms with van der Waals surface area (Å²) >= 11 is 23.8. The number of ether oxygens (including phenoxy) is 1. The lowest BCUT2D eigenvalue weighted by molar-refractivity contribution is -0.159. The number of hydrogen-bond acceptors (Lipinski definition) is 5. The lowest BCUT2D eigenvalue weighted by Gasteiger charge is -2.24. The molecule has 27 heavy (non-hydrogen) atoms. The Morgan fingerprint density at radius 1 is 0.963 bits per heavy atom. The maximum atomic E-state index is 12.7. The van der Waals surface area contributed by atoms with Crippen molar-refractivity contribution >= 4 is 70.2 Å². The van der Waals surface area contributed by atoms with Gasteiger partial charge in [-0.3, -0.25) is 19.3 Å². The number of rotatable bonds is 4. The summed E-state index contributed by atoms with van der Waals surface area (Å²) in [5.41, 5.74) is -1.61. The summed E-state index contributed by atoms with van der Waals surface area (Å²) < 4.78 is 5.07. The van der Waals surface area contributed by atoms with Gasteiger partial charge in [-0.15, -0.1) is 0 Å². The molecule has 0 aliphatic carbocycles. The number of fused-ring (bicyclic) bond motifs is 1. The van der Waals surface area contributed by atoms with Crippen LogP contribution in [0.5, 0.6) is 0 Å². The second-order valence-electron chi connectivity index (χ2n) is 6.63. The molecule has 146 valence electrons. The van der Waals surface area contributed by atoms with E-state index >= 15 is 0 Å². The summed E-state index contributed by atoms with van der Waals surface area (Å²) in [4.78, 5) is 49.5. The first-order chi connectivity index (χ1) is 12.3. The highest BCUT2D eigenvalue weighted by atomic mass is 35.5. The molecule has 11 heteroatoms. The molecule has 2 amide bonds. The molecule has 7 nitrogen and oxygen atoms in total. The predicted molar refractivity (Wildman–Crippen MR) is 98.9 cm³/mol. The Morgan fingerprint density at radius 3 is 1.70 bits per heavy atom. The fraction of sp³-hybridized carbons (Fsp3) is 0.375. The van der Waals surface area contributed by atoms with Crippen LogP contribution in [0, 0.1) is 0 Å². The van der Waals surface area contributed by atoms with Crippen LogP contribution in [0.3, 0.4) is 0 Å². The molecule has 0 bridgehead atoms. The minimum atomic E-state index is -1.82. The van der Waals surface area contributed by atoms with Crippen LogP contribution in [-0.4, -0.2) is 45.4 Å². The zero-order valence-electron chi connectivity index (χ0n) is 14.2. The molecule has 0 fully saturated rings. The standard InChI is InChI=1S/C16H13Cl4NO6/c1-16(2,3)27-6(22)4-5(15(25)26)21-13(23)7-8(14(21)24)10(18)12(20)11(19)9(7)17/h5H,4H2,1-3H3,(H,25,26). The number of imide groups is 1. The SMILES string of the molecule is CC(C)(C)OC(=O)CC(C(=O)O)N1C(=O)c2c(Cl)c(Cl)c(Cl)c(Cl)c2C1=O. The third-order valence-electron chi connectivity index (χ3n) is 3.51. The van der Waals surface area contributed by atoms with Crippen LogP contribution in [0.4, 0.5) is 0 Å². The van der Waals surface area contributed by atoms with Crippen LogP contribution in [0.2, 0.25) is 20.1 Å². The van der Waals surface area contributed by atoms with Crippen molar-refractivity contribution in [1.82, 2.24) is 4.90 Å². The lowest BCUT2D eigenvalue weighted by atomic mass is 10.1. The summed E-state index contributed by atoms with van der Waals surface area (Å²) in [5, 5.41) is 8.32. The largest absolute Gasteiger partial charge is 0.480 e. The zero-order valence-corrected chi connectivity index (χ0v) is 17.3. The molecular weight excluding hydrogens is 444 g/mol. The normalized spacial score (nSPS) is 15.0. The summed E-state index contributed by atoms with van der Waals surface area (Å²) in [7, 11) is 0. The van der Waals surface area contributed by atoms with Crippen molar-refractivity contribution in [3.8, 4) is 0 Å². The van der Waals surface area contributed by atoms with Crippen molar-refractivity contribution in [3.63, 3.8) is 0 Å². The average molecular weight is 457 g/mol. The second-order valence-corrected chi connectivity index (χ2v) is 8.14. The lowest BCUT2D eigenvalue weighted by Crippen LogP contribution is -2.46. The highest BCUT2D eigenvalue weighted by Gasteiger charge is 2.47. The van der Waals surface area contributed by atoms with E-state index in [1.165, 1.54) is 0 Å². The zero-order chi connectivity index (χ0) is 20.8. The van der Waals surface area contributed by atoms with Crippen molar-refractivity contribution in [2.75, 3.05) is 0 Å². The van der Waals surface area contributed by atoms with E-state index < -0.39 is 41.8 Å². The Morgan fingerprint density at radius 2 is 1.37 bits per heavy atom. The Balaban J connectivity index is 2.48. The number of aliphatic carboxylic acids is 1. The molecule has 0 saturated carbocycles. The van der Waals surface area contributed by atoms with E-state index in [0.29, 0.717) is 4.90 Å². The van der Waals surface area contributed by atoms with E-state index in [-0.39, 0.29) is 31.2 Å². The number of carbonyl (C=O) groups excluding carboxylic acids is 3. The molecule has 1 aromatic rings. The molecule has 2 rings (SSSR count). The van der Waals surface area contributed by atoms with Gasteiger partial charge in [-0.05, 0) is 20.8 Å². The maximum absolute atomic E-state index is 12.7. The average Bonchev–Trinajstić information content (AvgIpc) is 2.78. The summed E-state index contributed by atoms with van der Waals surface area (Å²) in [5.74, 6) is -4.58. The van der Waals surface area contributed by atoms with Gasteiger partial charge in [-0.25, -0.2) is 4.79 Å². The molecule has 1 N–H and O–H groups in total. The molecule has 0 saturated heterocycles. The number of halogens is 4. The van der Waals surface area contributed by atoms with Crippen LogP contribution >= 0.6 is 46.4 Å². The van der Waals surface area contributed by atoms with Gasteiger partial charge in [0.1, 0.15) is 11.6 Å². The van der Waals surface area contributed by atoms with Gasteiger partial charge in [0.25, 0.3) is 11.8 Å². The van der Waals surface area contributed by atoms with Crippen LogP contribution in [0.1, 0.15) is 47.9 Å². The van der Waals surface area contributed by atoms with Gasteiger partial charge in [-0.2, -0.15) is 0 Å². The first-order valence-corrected chi connectivity index (χ1v) is 8.97. The van der Waals surface area contributed by atoms with Gasteiger partial charge in [0.15, 0.2) is 0 Å². The van der Waals surface area contributed by atoms with Gasteiger partial charge in [0.05, 0.1) is 37.6 Å². The number of carbonyl (C=O) groups is 4. The second kappa shape index (κ2) is 7.47.